The Morgan fingerprint density at radius 2 is 1.52 bits per heavy atom. The van der Waals surface area contributed by atoms with Crippen LogP contribution in [0, 0.1) is 0 Å². The molecule has 7 heteroatoms. The summed E-state index contributed by atoms with van der Waals surface area (Å²) in [4.78, 5) is 32.7. The maximum Gasteiger partial charge on any atom is 0.323 e. The molecule has 2 aromatic carbocycles. The number of ether oxygens (including phenoxy) is 1. The van der Waals surface area contributed by atoms with Crippen LogP contribution in [0.1, 0.15) is 103 Å². The molecule has 2 N–H and O–H groups in total. The van der Waals surface area contributed by atoms with Crippen molar-refractivity contribution in [2.75, 3.05) is 17.2 Å². The molecule has 4 rings (SSSR count). The van der Waals surface area contributed by atoms with Crippen LogP contribution < -0.4 is 20.9 Å². The van der Waals surface area contributed by atoms with Gasteiger partial charge in [0.05, 0.1) is 6.61 Å². The molecule has 2 heterocycles. The maximum absolute atomic E-state index is 14.2. The van der Waals surface area contributed by atoms with E-state index in [9.17, 15) is 9.59 Å². The van der Waals surface area contributed by atoms with Gasteiger partial charge in [-0.15, -0.1) is 0 Å². The number of unbranched alkanes of at least 4 members (excludes halogenated alkanes) is 4. The van der Waals surface area contributed by atoms with Crippen LogP contribution in [0.4, 0.5) is 16.2 Å². The first-order chi connectivity index (χ1) is 21.3. The van der Waals surface area contributed by atoms with E-state index in [4.69, 9.17) is 4.74 Å². The van der Waals surface area contributed by atoms with Crippen molar-refractivity contribution < 1.29 is 9.53 Å². The highest BCUT2D eigenvalue weighted by Gasteiger charge is 2.23. The lowest BCUT2D eigenvalue weighted by Gasteiger charge is -2.22. The Morgan fingerprint density at radius 3 is 2.20 bits per heavy atom. The standard InChI is InChI=1S/C37H48N4O3/c1-7-9-11-12-23-44-28-17-13-16-27(24-28)32-31-20-15-21-38-35(31)41(22-10-8-2)36(42)34(32)40-37(43)39-33-29(25(3)4)18-14-19-30(33)26(5)6/h13-21,24-26H,7-12,22-23H2,1-6H3,(H2,39,40,43). The number of urea groups is 1. The number of pyridine rings is 2. The topological polar surface area (TPSA) is 85.3 Å². The van der Waals surface area contributed by atoms with Crippen molar-refractivity contribution in [1.82, 2.24) is 9.55 Å². The van der Waals surface area contributed by atoms with Gasteiger partial charge < -0.3 is 15.4 Å². The van der Waals surface area contributed by atoms with E-state index >= 15 is 0 Å². The lowest BCUT2D eigenvalue weighted by atomic mass is 9.93. The van der Waals surface area contributed by atoms with Crippen LogP contribution in [-0.2, 0) is 6.54 Å². The van der Waals surface area contributed by atoms with Gasteiger partial charge in [0.25, 0.3) is 5.56 Å². The normalized spacial score (nSPS) is 11.4. The molecule has 0 saturated heterocycles. The van der Waals surface area contributed by atoms with Crippen molar-refractivity contribution in [3.8, 4) is 16.9 Å². The molecule has 0 radical (unpaired) electrons. The van der Waals surface area contributed by atoms with Crippen LogP contribution in [0.3, 0.4) is 0 Å². The molecular weight excluding hydrogens is 548 g/mol. The number of anilines is 2. The Bertz CT molecular complexity index is 1600. The molecule has 4 aromatic rings. The summed E-state index contributed by atoms with van der Waals surface area (Å²) < 4.78 is 7.79. The monoisotopic (exact) mass is 596 g/mol. The zero-order valence-corrected chi connectivity index (χ0v) is 27.2. The van der Waals surface area contributed by atoms with Crippen LogP contribution in [-0.4, -0.2) is 22.2 Å². The van der Waals surface area contributed by atoms with Crippen molar-refractivity contribution in [2.24, 2.45) is 0 Å². The lowest BCUT2D eigenvalue weighted by molar-refractivity contribution is 0.262. The third-order valence-corrected chi connectivity index (χ3v) is 8.00. The van der Waals surface area contributed by atoms with E-state index in [1.165, 1.54) is 12.8 Å². The Labute approximate surface area is 262 Å². The SMILES string of the molecule is CCCCCCOc1cccc(-c2c(NC(=O)Nc3c(C(C)C)cccc3C(C)C)c(=O)n(CCCC)c3ncccc23)c1. The average molecular weight is 597 g/mol. The molecule has 0 bridgehead atoms. The minimum atomic E-state index is -0.452. The van der Waals surface area contributed by atoms with E-state index in [-0.39, 0.29) is 23.1 Å². The number of carbonyl (C=O) groups is 1. The van der Waals surface area contributed by atoms with Crippen LogP contribution in [0.25, 0.3) is 22.2 Å². The minimum absolute atomic E-state index is 0.210. The number of fused-ring (bicyclic) bond motifs is 1. The van der Waals surface area contributed by atoms with Crippen LogP contribution >= 0.6 is 0 Å². The van der Waals surface area contributed by atoms with E-state index < -0.39 is 6.03 Å². The summed E-state index contributed by atoms with van der Waals surface area (Å²) in [6.07, 6.45) is 7.93. The van der Waals surface area contributed by atoms with Crippen molar-refractivity contribution in [1.29, 1.82) is 0 Å². The number of carbonyl (C=O) groups excluding carboxylic acids is 1. The Morgan fingerprint density at radius 1 is 0.841 bits per heavy atom. The highest BCUT2D eigenvalue weighted by Crippen LogP contribution is 2.36. The number of nitrogens with one attached hydrogen (secondary N) is 2. The third kappa shape index (κ3) is 7.68. The van der Waals surface area contributed by atoms with Gasteiger partial charge in [0.2, 0.25) is 0 Å². The minimum Gasteiger partial charge on any atom is -0.494 e. The summed E-state index contributed by atoms with van der Waals surface area (Å²) in [5.74, 6) is 1.15. The van der Waals surface area contributed by atoms with E-state index in [0.29, 0.717) is 24.4 Å². The van der Waals surface area contributed by atoms with Crippen molar-refractivity contribution >= 4 is 28.4 Å². The molecule has 44 heavy (non-hydrogen) atoms. The molecule has 2 aromatic heterocycles. The molecule has 0 fully saturated rings. The molecule has 0 aliphatic rings. The van der Waals surface area contributed by atoms with Gasteiger partial charge >= 0.3 is 6.03 Å². The zero-order valence-electron chi connectivity index (χ0n) is 27.2. The second-order valence-corrected chi connectivity index (χ2v) is 12.1. The largest absolute Gasteiger partial charge is 0.494 e. The molecule has 2 amide bonds. The molecule has 0 spiro atoms. The maximum atomic E-state index is 14.2. The quantitative estimate of drug-likeness (QED) is 0.142. The van der Waals surface area contributed by atoms with Gasteiger partial charge in [-0.25, -0.2) is 9.78 Å². The summed E-state index contributed by atoms with van der Waals surface area (Å²) in [6, 6.07) is 17.3. The zero-order chi connectivity index (χ0) is 31.6. The lowest BCUT2D eigenvalue weighted by Crippen LogP contribution is -2.30. The molecule has 0 atom stereocenters. The highest BCUT2D eigenvalue weighted by atomic mass is 16.5. The number of para-hydroxylation sites is 1. The number of hydrogen-bond acceptors (Lipinski definition) is 4. The van der Waals surface area contributed by atoms with Crippen molar-refractivity contribution in [3.05, 3.63) is 82.3 Å². The summed E-state index contributed by atoms with van der Waals surface area (Å²) in [7, 11) is 0. The van der Waals surface area contributed by atoms with E-state index in [1.54, 1.807) is 10.8 Å². The average Bonchev–Trinajstić information content (AvgIpc) is 3.01. The number of nitrogens with zero attached hydrogens (tertiary/aromatic N) is 2. The first-order valence-electron chi connectivity index (χ1n) is 16.2. The van der Waals surface area contributed by atoms with Gasteiger partial charge in [-0.3, -0.25) is 9.36 Å². The summed E-state index contributed by atoms with van der Waals surface area (Å²) >= 11 is 0. The van der Waals surface area contributed by atoms with E-state index in [2.05, 4.69) is 57.2 Å². The van der Waals surface area contributed by atoms with Crippen molar-refractivity contribution in [2.45, 2.75) is 98.4 Å². The van der Waals surface area contributed by atoms with Crippen LogP contribution in [0.2, 0.25) is 0 Å². The van der Waals surface area contributed by atoms with Gasteiger partial charge in [-0.2, -0.15) is 0 Å². The fraction of sp³-hybridized carbons (Fsp3) is 0.432. The predicted molar refractivity (Wildman–Crippen MR) is 183 cm³/mol. The van der Waals surface area contributed by atoms with Gasteiger partial charge in [0, 0.05) is 29.4 Å². The predicted octanol–water partition coefficient (Wildman–Crippen LogP) is 9.71. The Balaban J connectivity index is 1.81. The number of benzene rings is 2. The Kier molecular flexibility index (Phi) is 11.6. The first-order valence-corrected chi connectivity index (χ1v) is 16.2. The smallest absolute Gasteiger partial charge is 0.323 e. The molecule has 0 unspecified atom stereocenters. The van der Waals surface area contributed by atoms with E-state index in [1.807, 2.05) is 54.6 Å². The van der Waals surface area contributed by atoms with Crippen LogP contribution in [0.5, 0.6) is 5.75 Å². The number of amides is 2. The fourth-order valence-corrected chi connectivity index (χ4v) is 5.63. The van der Waals surface area contributed by atoms with Gasteiger partial charge in [-0.1, -0.05) is 97.6 Å². The van der Waals surface area contributed by atoms with Gasteiger partial charge in [0.15, 0.2) is 0 Å². The highest BCUT2D eigenvalue weighted by molar-refractivity contribution is 6.07. The number of hydrogen-bond donors (Lipinski definition) is 2. The van der Waals surface area contributed by atoms with E-state index in [0.717, 1.165) is 59.2 Å². The Hall–Kier alpha value is -4.13. The van der Waals surface area contributed by atoms with Crippen molar-refractivity contribution in [3.63, 3.8) is 0 Å². The summed E-state index contributed by atoms with van der Waals surface area (Å²) in [6.45, 7) is 13.9. The van der Waals surface area contributed by atoms with Crippen LogP contribution in [0.15, 0.2) is 65.6 Å². The second-order valence-electron chi connectivity index (χ2n) is 12.1. The third-order valence-electron chi connectivity index (χ3n) is 8.00. The molecule has 234 valence electrons. The molecule has 0 aliphatic heterocycles. The number of rotatable bonds is 14. The molecule has 7 nitrogen and oxygen atoms in total. The molecule has 0 saturated carbocycles. The first kappa shape index (κ1) is 32.8. The van der Waals surface area contributed by atoms with Gasteiger partial charge in [0.1, 0.15) is 17.1 Å². The summed E-state index contributed by atoms with van der Waals surface area (Å²) in [5, 5.41) is 6.92. The second kappa shape index (κ2) is 15.6. The molecule has 0 aliphatic carbocycles. The number of aromatic nitrogens is 2. The fourth-order valence-electron chi connectivity index (χ4n) is 5.63. The summed E-state index contributed by atoms with van der Waals surface area (Å²) in [5.41, 5.74) is 4.88. The molecular formula is C37H48N4O3. The van der Waals surface area contributed by atoms with Gasteiger partial charge in [-0.05, 0) is 65.6 Å². The number of aryl methyl sites for hydroxylation is 1.